The van der Waals surface area contributed by atoms with E-state index in [9.17, 15) is 9.59 Å². The van der Waals surface area contributed by atoms with E-state index in [0.717, 1.165) is 13.0 Å². The highest BCUT2D eigenvalue weighted by Gasteiger charge is 2.21. The quantitative estimate of drug-likeness (QED) is 0.372. The van der Waals surface area contributed by atoms with Crippen molar-refractivity contribution in [2.24, 2.45) is 5.73 Å². The van der Waals surface area contributed by atoms with Crippen LogP contribution in [0.4, 0.5) is 0 Å². The van der Waals surface area contributed by atoms with Crippen molar-refractivity contribution in [3.05, 3.63) is 0 Å². The van der Waals surface area contributed by atoms with E-state index in [1.165, 1.54) is 0 Å². The molecule has 0 aliphatic carbocycles. The molecule has 2 amide bonds. The van der Waals surface area contributed by atoms with Gasteiger partial charge in [-0.1, -0.05) is 6.92 Å². The lowest BCUT2D eigenvalue weighted by Crippen LogP contribution is -2.53. The van der Waals surface area contributed by atoms with Crippen LogP contribution in [-0.4, -0.2) is 41.9 Å². The van der Waals surface area contributed by atoms with E-state index in [0.29, 0.717) is 5.75 Å². The van der Waals surface area contributed by atoms with Crippen molar-refractivity contribution in [3.8, 4) is 0 Å². The minimum atomic E-state index is -0.735. The summed E-state index contributed by atoms with van der Waals surface area (Å²) >= 11 is 8.02. The Morgan fingerprint density at radius 1 is 1.25 bits per heavy atom. The van der Waals surface area contributed by atoms with Gasteiger partial charge in [0.25, 0.3) is 0 Å². The van der Waals surface area contributed by atoms with Gasteiger partial charge in [0, 0.05) is 11.5 Å². The van der Waals surface area contributed by atoms with Crippen LogP contribution in [0.5, 0.6) is 0 Å². The molecule has 0 heterocycles. The molecular weight excluding hydrogens is 246 g/mol. The van der Waals surface area contributed by atoms with Crippen molar-refractivity contribution in [1.82, 2.24) is 10.6 Å². The Hall–Kier alpha value is -0.400. The second-order valence-corrected chi connectivity index (χ2v) is 4.07. The standard InChI is InChI=1S/C9H19N3O2S2/c1-2-3-11-7(5-16)9(14)12-6(4-15)8(10)13/h6-7,11,15-16H,2-5H2,1H3,(H2,10,13)(H,12,14)/t6-,7-/m0/s1. The van der Waals surface area contributed by atoms with E-state index in [4.69, 9.17) is 5.73 Å². The molecule has 0 radical (unpaired) electrons. The molecule has 0 rings (SSSR count). The highest BCUT2D eigenvalue weighted by Crippen LogP contribution is 1.93. The number of nitrogens with one attached hydrogen (secondary N) is 2. The summed E-state index contributed by atoms with van der Waals surface area (Å²) in [5, 5.41) is 5.55. The number of hydrogen-bond acceptors (Lipinski definition) is 5. The summed E-state index contributed by atoms with van der Waals surface area (Å²) in [5.41, 5.74) is 5.10. The van der Waals surface area contributed by atoms with E-state index in [1.54, 1.807) is 0 Å². The van der Waals surface area contributed by atoms with Crippen LogP contribution >= 0.6 is 25.3 Å². The third-order valence-corrected chi connectivity index (χ3v) is 2.71. The Kier molecular flexibility index (Phi) is 8.50. The van der Waals surface area contributed by atoms with E-state index in [2.05, 4.69) is 35.9 Å². The first-order valence-corrected chi connectivity index (χ1v) is 6.38. The summed E-state index contributed by atoms with van der Waals surface area (Å²) < 4.78 is 0. The Labute approximate surface area is 107 Å². The van der Waals surface area contributed by atoms with Gasteiger partial charge in [-0.25, -0.2) is 0 Å². The molecule has 16 heavy (non-hydrogen) atoms. The van der Waals surface area contributed by atoms with Crippen molar-refractivity contribution in [2.75, 3.05) is 18.1 Å². The second kappa shape index (κ2) is 8.72. The van der Waals surface area contributed by atoms with Crippen molar-refractivity contribution < 1.29 is 9.59 Å². The summed E-state index contributed by atoms with van der Waals surface area (Å²) in [7, 11) is 0. The van der Waals surface area contributed by atoms with Crippen molar-refractivity contribution >= 4 is 37.1 Å². The summed E-state index contributed by atoms with van der Waals surface area (Å²) in [6.07, 6.45) is 0.920. The maximum Gasteiger partial charge on any atom is 0.240 e. The number of amides is 2. The molecule has 5 nitrogen and oxygen atoms in total. The molecule has 0 saturated heterocycles. The van der Waals surface area contributed by atoms with Gasteiger partial charge in [-0.05, 0) is 13.0 Å². The molecule has 0 bridgehead atoms. The molecule has 0 fully saturated rings. The molecule has 7 heteroatoms. The summed E-state index contributed by atoms with van der Waals surface area (Å²) in [6, 6.07) is -1.15. The van der Waals surface area contributed by atoms with Gasteiger partial charge in [0.2, 0.25) is 11.8 Å². The smallest absolute Gasteiger partial charge is 0.240 e. The van der Waals surface area contributed by atoms with Crippen molar-refractivity contribution in [1.29, 1.82) is 0 Å². The van der Waals surface area contributed by atoms with Gasteiger partial charge in [-0.3, -0.25) is 9.59 Å². The van der Waals surface area contributed by atoms with Crippen LogP contribution in [0.15, 0.2) is 0 Å². The average Bonchev–Trinajstić information content (AvgIpc) is 2.26. The zero-order chi connectivity index (χ0) is 12.6. The number of carbonyl (C=O) groups excluding carboxylic acids is 2. The van der Waals surface area contributed by atoms with Gasteiger partial charge in [0.1, 0.15) is 6.04 Å². The molecule has 0 unspecified atom stereocenters. The zero-order valence-electron chi connectivity index (χ0n) is 9.27. The van der Waals surface area contributed by atoms with E-state index >= 15 is 0 Å². The van der Waals surface area contributed by atoms with E-state index in [-0.39, 0.29) is 11.7 Å². The molecule has 0 spiro atoms. The summed E-state index contributed by atoms with van der Waals surface area (Å²) in [4.78, 5) is 22.6. The highest BCUT2D eigenvalue weighted by molar-refractivity contribution is 7.80. The lowest BCUT2D eigenvalue weighted by Gasteiger charge is -2.19. The van der Waals surface area contributed by atoms with Crippen LogP contribution in [0.2, 0.25) is 0 Å². The normalized spacial score (nSPS) is 14.2. The first-order chi connectivity index (χ1) is 7.56. The van der Waals surface area contributed by atoms with Gasteiger partial charge in [-0.15, -0.1) is 0 Å². The zero-order valence-corrected chi connectivity index (χ0v) is 11.1. The lowest BCUT2D eigenvalue weighted by molar-refractivity contribution is -0.127. The fourth-order valence-corrected chi connectivity index (χ4v) is 1.60. The predicted molar refractivity (Wildman–Crippen MR) is 70.9 cm³/mol. The Bertz CT molecular complexity index is 239. The molecular formula is C9H19N3O2S2. The third kappa shape index (κ3) is 5.62. The molecule has 2 atom stereocenters. The minimum absolute atomic E-state index is 0.189. The monoisotopic (exact) mass is 265 g/mol. The summed E-state index contributed by atoms with van der Waals surface area (Å²) in [6.45, 7) is 2.72. The first kappa shape index (κ1) is 15.6. The molecule has 0 saturated carbocycles. The van der Waals surface area contributed by atoms with Gasteiger partial charge >= 0.3 is 0 Å². The molecule has 0 aliphatic rings. The van der Waals surface area contributed by atoms with Crippen LogP contribution in [0, 0.1) is 0 Å². The Balaban J connectivity index is 4.23. The van der Waals surface area contributed by atoms with Crippen LogP contribution < -0.4 is 16.4 Å². The molecule has 0 aliphatic heterocycles. The first-order valence-electron chi connectivity index (χ1n) is 5.11. The van der Waals surface area contributed by atoms with Gasteiger partial charge in [-0.2, -0.15) is 25.3 Å². The number of nitrogens with two attached hydrogens (primary N) is 1. The van der Waals surface area contributed by atoms with Crippen LogP contribution in [0.3, 0.4) is 0 Å². The number of rotatable bonds is 8. The largest absolute Gasteiger partial charge is 0.368 e. The predicted octanol–water partition coefficient (Wildman–Crippen LogP) is -0.816. The fourth-order valence-electron chi connectivity index (χ4n) is 1.04. The van der Waals surface area contributed by atoms with Crippen LogP contribution in [-0.2, 0) is 9.59 Å². The molecule has 0 aromatic carbocycles. The average molecular weight is 265 g/mol. The minimum Gasteiger partial charge on any atom is -0.368 e. The number of primary amides is 1. The Morgan fingerprint density at radius 3 is 2.19 bits per heavy atom. The molecule has 4 N–H and O–H groups in total. The highest BCUT2D eigenvalue weighted by atomic mass is 32.1. The van der Waals surface area contributed by atoms with Crippen molar-refractivity contribution in [2.45, 2.75) is 25.4 Å². The number of hydrogen-bond donors (Lipinski definition) is 5. The second-order valence-electron chi connectivity index (χ2n) is 3.34. The topological polar surface area (TPSA) is 84.2 Å². The SMILES string of the molecule is CCCN[C@@H](CS)C(=O)N[C@@H](CS)C(N)=O. The van der Waals surface area contributed by atoms with E-state index in [1.807, 2.05) is 6.92 Å². The van der Waals surface area contributed by atoms with Crippen molar-refractivity contribution in [3.63, 3.8) is 0 Å². The molecule has 94 valence electrons. The van der Waals surface area contributed by atoms with Gasteiger partial charge < -0.3 is 16.4 Å². The third-order valence-electron chi connectivity index (χ3n) is 1.98. The van der Waals surface area contributed by atoms with E-state index < -0.39 is 18.0 Å². The Morgan fingerprint density at radius 2 is 1.81 bits per heavy atom. The lowest BCUT2D eigenvalue weighted by atomic mass is 10.2. The molecule has 0 aromatic rings. The molecule has 0 aromatic heterocycles. The fraction of sp³-hybridized carbons (Fsp3) is 0.778. The van der Waals surface area contributed by atoms with Gasteiger partial charge in [0.05, 0.1) is 6.04 Å². The summed E-state index contributed by atoms with van der Waals surface area (Å²) in [5.74, 6) is -0.309. The maximum atomic E-state index is 11.7. The van der Waals surface area contributed by atoms with Crippen LogP contribution in [0.1, 0.15) is 13.3 Å². The maximum absolute atomic E-state index is 11.7. The number of carbonyl (C=O) groups is 2. The van der Waals surface area contributed by atoms with Gasteiger partial charge in [0.15, 0.2) is 0 Å². The van der Waals surface area contributed by atoms with Crippen LogP contribution in [0.25, 0.3) is 0 Å². The number of thiol groups is 2.